The minimum atomic E-state index is 0. The SMILES string of the molecule is CNC(=O)Cc1ccc(Cc2cc(-c3cccc(Cl)c3)nc3c2CCC3)cc1.Cl. The van der Waals surface area contributed by atoms with E-state index in [1.807, 2.05) is 30.3 Å². The van der Waals surface area contributed by atoms with E-state index >= 15 is 0 Å². The van der Waals surface area contributed by atoms with Gasteiger partial charge in [-0.1, -0.05) is 48.0 Å². The highest BCUT2D eigenvalue weighted by atomic mass is 35.5. The number of nitrogens with zero attached hydrogens (tertiary/aromatic N) is 1. The summed E-state index contributed by atoms with van der Waals surface area (Å²) in [4.78, 5) is 16.5. The van der Waals surface area contributed by atoms with Crippen molar-refractivity contribution in [2.45, 2.75) is 32.1 Å². The van der Waals surface area contributed by atoms with Crippen LogP contribution in [0.1, 0.15) is 34.4 Å². The summed E-state index contributed by atoms with van der Waals surface area (Å²) in [6.07, 6.45) is 4.60. The third-order valence-electron chi connectivity index (χ3n) is 5.32. The van der Waals surface area contributed by atoms with Gasteiger partial charge in [-0.05, 0) is 66.1 Å². The molecule has 0 saturated heterocycles. The number of rotatable bonds is 5. The van der Waals surface area contributed by atoms with Crippen LogP contribution >= 0.6 is 24.0 Å². The Bertz CT molecular complexity index is 1020. The fraction of sp³-hybridized carbons (Fsp3) is 0.250. The summed E-state index contributed by atoms with van der Waals surface area (Å²) in [5.74, 6) is 0.0332. The zero-order chi connectivity index (χ0) is 19.5. The number of hydrogen-bond acceptors (Lipinski definition) is 2. The van der Waals surface area contributed by atoms with Gasteiger partial charge < -0.3 is 5.32 Å². The van der Waals surface area contributed by atoms with E-state index in [1.54, 1.807) is 7.05 Å². The van der Waals surface area contributed by atoms with Crippen molar-refractivity contribution in [1.82, 2.24) is 10.3 Å². The first-order valence-electron chi connectivity index (χ1n) is 9.68. The van der Waals surface area contributed by atoms with Gasteiger partial charge in [0.05, 0.1) is 12.1 Å². The van der Waals surface area contributed by atoms with Gasteiger partial charge in [0, 0.05) is 23.3 Å². The highest BCUT2D eigenvalue weighted by Gasteiger charge is 2.18. The number of likely N-dealkylation sites (N-methyl/N-ethyl adjacent to an activating group) is 1. The number of carbonyl (C=O) groups excluding carboxylic acids is 1. The molecule has 0 bridgehead atoms. The van der Waals surface area contributed by atoms with E-state index in [2.05, 4.69) is 29.6 Å². The molecular formula is C24H24Cl2N2O. The summed E-state index contributed by atoms with van der Waals surface area (Å²) in [6.45, 7) is 0. The van der Waals surface area contributed by atoms with Crippen molar-refractivity contribution in [1.29, 1.82) is 0 Å². The predicted octanol–water partition coefficient (Wildman–Crippen LogP) is 5.19. The molecule has 0 fully saturated rings. The molecule has 1 amide bonds. The maximum absolute atomic E-state index is 11.6. The molecular weight excluding hydrogens is 403 g/mol. The monoisotopic (exact) mass is 426 g/mol. The van der Waals surface area contributed by atoms with Crippen LogP contribution in [0.4, 0.5) is 0 Å². The maximum atomic E-state index is 11.6. The number of amides is 1. The van der Waals surface area contributed by atoms with Gasteiger partial charge >= 0.3 is 0 Å². The van der Waals surface area contributed by atoms with Crippen molar-refractivity contribution in [3.05, 3.63) is 87.6 Å². The highest BCUT2D eigenvalue weighted by molar-refractivity contribution is 6.30. The zero-order valence-electron chi connectivity index (χ0n) is 16.4. The number of halogens is 2. The molecule has 1 heterocycles. The van der Waals surface area contributed by atoms with E-state index in [0.717, 1.165) is 41.1 Å². The van der Waals surface area contributed by atoms with Gasteiger partial charge in [0.25, 0.3) is 0 Å². The van der Waals surface area contributed by atoms with Crippen LogP contribution in [0.25, 0.3) is 11.3 Å². The molecule has 3 nitrogen and oxygen atoms in total. The Hall–Kier alpha value is -2.36. The van der Waals surface area contributed by atoms with Crippen molar-refractivity contribution in [3.8, 4) is 11.3 Å². The molecule has 0 spiro atoms. The summed E-state index contributed by atoms with van der Waals surface area (Å²) in [6, 6.07) is 18.5. The number of hydrogen-bond donors (Lipinski definition) is 1. The number of aromatic nitrogens is 1. The van der Waals surface area contributed by atoms with Crippen LogP contribution in [0, 0.1) is 0 Å². The summed E-state index contributed by atoms with van der Waals surface area (Å²) in [5, 5.41) is 3.40. The van der Waals surface area contributed by atoms with Crippen LogP contribution in [0.5, 0.6) is 0 Å². The summed E-state index contributed by atoms with van der Waals surface area (Å²) in [7, 11) is 1.66. The Kier molecular flexibility index (Phi) is 6.94. The smallest absolute Gasteiger partial charge is 0.224 e. The Labute approximate surface area is 182 Å². The summed E-state index contributed by atoms with van der Waals surface area (Å²) >= 11 is 6.19. The second-order valence-electron chi connectivity index (χ2n) is 7.30. The molecule has 29 heavy (non-hydrogen) atoms. The highest BCUT2D eigenvalue weighted by Crippen LogP contribution is 2.31. The van der Waals surface area contributed by atoms with Crippen molar-refractivity contribution in [2.75, 3.05) is 7.05 Å². The lowest BCUT2D eigenvalue weighted by Gasteiger charge is -2.12. The van der Waals surface area contributed by atoms with Gasteiger partial charge in [0.15, 0.2) is 0 Å². The molecule has 4 rings (SSSR count). The van der Waals surface area contributed by atoms with Gasteiger partial charge in [-0.3, -0.25) is 9.78 Å². The largest absolute Gasteiger partial charge is 0.359 e. The zero-order valence-corrected chi connectivity index (χ0v) is 17.9. The van der Waals surface area contributed by atoms with E-state index in [0.29, 0.717) is 6.42 Å². The van der Waals surface area contributed by atoms with Gasteiger partial charge in [-0.15, -0.1) is 12.4 Å². The Morgan fingerprint density at radius 1 is 1.07 bits per heavy atom. The standard InChI is InChI=1S/C24H23ClN2O.ClH/c1-26-24(28)13-17-10-8-16(9-11-17)12-19-15-23(18-4-2-5-20(25)14-18)27-22-7-3-6-21(19)22;/h2,4-5,8-11,14-15H,3,6-7,12-13H2,1H3,(H,26,28);1H. The summed E-state index contributed by atoms with van der Waals surface area (Å²) < 4.78 is 0. The van der Waals surface area contributed by atoms with E-state index in [1.165, 1.54) is 28.8 Å². The molecule has 0 unspecified atom stereocenters. The van der Waals surface area contributed by atoms with E-state index in [9.17, 15) is 4.79 Å². The molecule has 0 saturated carbocycles. The number of aryl methyl sites for hydroxylation is 1. The molecule has 1 N–H and O–H groups in total. The topological polar surface area (TPSA) is 42.0 Å². The first kappa shape index (κ1) is 21.4. The number of benzene rings is 2. The minimum absolute atomic E-state index is 0. The predicted molar refractivity (Wildman–Crippen MR) is 121 cm³/mol. The molecule has 150 valence electrons. The third kappa shape index (κ3) is 4.98. The molecule has 1 aromatic heterocycles. The Balaban J connectivity index is 0.00000240. The Morgan fingerprint density at radius 3 is 2.55 bits per heavy atom. The average molecular weight is 427 g/mol. The van der Waals surface area contributed by atoms with Gasteiger partial charge in [-0.25, -0.2) is 0 Å². The molecule has 0 aliphatic heterocycles. The third-order valence-corrected chi connectivity index (χ3v) is 5.56. The first-order chi connectivity index (χ1) is 13.6. The van der Waals surface area contributed by atoms with Crippen molar-refractivity contribution < 1.29 is 4.79 Å². The van der Waals surface area contributed by atoms with E-state index < -0.39 is 0 Å². The quantitative estimate of drug-likeness (QED) is 0.609. The molecule has 2 aromatic carbocycles. The molecule has 3 aromatic rings. The second-order valence-corrected chi connectivity index (χ2v) is 7.74. The van der Waals surface area contributed by atoms with Crippen LogP contribution in [-0.4, -0.2) is 17.9 Å². The van der Waals surface area contributed by atoms with Crippen LogP contribution in [0.15, 0.2) is 54.6 Å². The number of pyridine rings is 1. The Morgan fingerprint density at radius 2 is 1.83 bits per heavy atom. The fourth-order valence-electron chi connectivity index (χ4n) is 3.85. The number of fused-ring (bicyclic) bond motifs is 1. The fourth-order valence-corrected chi connectivity index (χ4v) is 4.04. The molecule has 1 aliphatic carbocycles. The first-order valence-corrected chi connectivity index (χ1v) is 10.1. The van der Waals surface area contributed by atoms with Crippen LogP contribution in [0.3, 0.4) is 0 Å². The maximum Gasteiger partial charge on any atom is 0.224 e. The van der Waals surface area contributed by atoms with Crippen LogP contribution < -0.4 is 5.32 Å². The molecule has 1 aliphatic rings. The van der Waals surface area contributed by atoms with Crippen LogP contribution in [0.2, 0.25) is 5.02 Å². The van der Waals surface area contributed by atoms with Crippen molar-refractivity contribution >= 4 is 29.9 Å². The lowest BCUT2D eigenvalue weighted by atomic mass is 9.96. The van der Waals surface area contributed by atoms with Gasteiger partial charge in [0.1, 0.15) is 0 Å². The van der Waals surface area contributed by atoms with Crippen molar-refractivity contribution in [2.24, 2.45) is 0 Å². The van der Waals surface area contributed by atoms with Gasteiger partial charge in [-0.2, -0.15) is 0 Å². The van der Waals surface area contributed by atoms with Crippen LogP contribution in [-0.2, 0) is 30.5 Å². The van der Waals surface area contributed by atoms with Gasteiger partial charge in [0.2, 0.25) is 5.91 Å². The lowest BCUT2D eigenvalue weighted by Crippen LogP contribution is -2.19. The molecule has 0 atom stereocenters. The normalized spacial score (nSPS) is 12.2. The minimum Gasteiger partial charge on any atom is -0.359 e. The lowest BCUT2D eigenvalue weighted by molar-refractivity contribution is -0.119. The summed E-state index contributed by atoms with van der Waals surface area (Å²) in [5.41, 5.74) is 8.31. The van der Waals surface area contributed by atoms with E-state index in [4.69, 9.17) is 16.6 Å². The molecule has 5 heteroatoms. The second kappa shape index (κ2) is 9.43. The van der Waals surface area contributed by atoms with E-state index in [-0.39, 0.29) is 18.3 Å². The molecule has 0 radical (unpaired) electrons. The average Bonchev–Trinajstić information content (AvgIpc) is 3.18. The number of carbonyl (C=O) groups is 1. The number of nitrogens with one attached hydrogen (secondary N) is 1. The van der Waals surface area contributed by atoms with Crippen molar-refractivity contribution in [3.63, 3.8) is 0 Å².